The van der Waals surface area contributed by atoms with Crippen molar-refractivity contribution in [3.8, 4) is 0 Å². The highest BCUT2D eigenvalue weighted by molar-refractivity contribution is 5.85. The second-order valence-corrected chi connectivity index (χ2v) is 4.55. The van der Waals surface area contributed by atoms with E-state index in [0.29, 0.717) is 38.3 Å². The molecule has 21 heavy (non-hydrogen) atoms. The lowest BCUT2D eigenvalue weighted by atomic mass is 10.1. The Bertz CT molecular complexity index is 469. The highest BCUT2D eigenvalue weighted by Gasteiger charge is 2.22. The van der Waals surface area contributed by atoms with Crippen molar-refractivity contribution in [1.29, 1.82) is 0 Å². The Hall–Kier alpha value is -1.24. The predicted octanol–water partition coefficient (Wildman–Crippen LogP) is 2.14. The minimum Gasteiger partial charge on any atom is -0.453 e. The molecule has 0 unspecified atom stereocenters. The van der Waals surface area contributed by atoms with Crippen molar-refractivity contribution in [2.24, 2.45) is 0 Å². The number of nitrogens with zero attached hydrogens (tertiary/aromatic N) is 2. The summed E-state index contributed by atoms with van der Waals surface area (Å²) >= 11 is 0. The minimum absolute atomic E-state index is 0. The highest BCUT2D eigenvalue weighted by Crippen LogP contribution is 2.17. The zero-order valence-corrected chi connectivity index (χ0v) is 13.4. The standard InChI is InChI=1S/C13H18FN3O2.2ClH/c1-19-13(18)17-7-5-16(6-8-17)9-10-3-2-4-11(15)12(10)14;;/h2-4H,5-9,15H2,1H3;2*1H. The molecule has 1 amide bonds. The van der Waals surface area contributed by atoms with Gasteiger partial charge in [0, 0.05) is 38.3 Å². The second kappa shape index (κ2) is 8.92. The van der Waals surface area contributed by atoms with Crippen molar-refractivity contribution in [3.63, 3.8) is 0 Å². The Kier molecular flexibility index (Phi) is 8.39. The van der Waals surface area contributed by atoms with E-state index in [1.807, 2.05) is 0 Å². The van der Waals surface area contributed by atoms with Crippen molar-refractivity contribution in [3.05, 3.63) is 29.6 Å². The third-order valence-corrected chi connectivity index (χ3v) is 3.31. The number of hydrogen-bond acceptors (Lipinski definition) is 4. The molecule has 0 spiro atoms. The topological polar surface area (TPSA) is 58.8 Å². The van der Waals surface area contributed by atoms with Crippen molar-refractivity contribution in [2.75, 3.05) is 39.0 Å². The second-order valence-electron chi connectivity index (χ2n) is 4.55. The van der Waals surface area contributed by atoms with Gasteiger partial charge >= 0.3 is 6.09 Å². The van der Waals surface area contributed by atoms with Crippen LogP contribution in [0.5, 0.6) is 0 Å². The molecule has 0 radical (unpaired) electrons. The lowest BCUT2D eigenvalue weighted by Crippen LogP contribution is -2.48. The summed E-state index contributed by atoms with van der Waals surface area (Å²) < 4.78 is 18.4. The van der Waals surface area contributed by atoms with Gasteiger partial charge in [-0.15, -0.1) is 24.8 Å². The molecule has 0 saturated carbocycles. The van der Waals surface area contributed by atoms with E-state index in [9.17, 15) is 9.18 Å². The van der Waals surface area contributed by atoms with E-state index in [2.05, 4.69) is 9.64 Å². The van der Waals surface area contributed by atoms with Gasteiger partial charge in [0.15, 0.2) is 5.82 Å². The molecular formula is C13H20Cl2FN3O2. The Morgan fingerprint density at radius 3 is 2.48 bits per heavy atom. The smallest absolute Gasteiger partial charge is 0.409 e. The maximum absolute atomic E-state index is 13.8. The number of hydrogen-bond donors (Lipinski definition) is 1. The van der Waals surface area contributed by atoms with Crippen LogP contribution in [0.2, 0.25) is 0 Å². The molecule has 1 aliphatic rings. The molecule has 1 fully saturated rings. The molecule has 0 atom stereocenters. The van der Waals surface area contributed by atoms with E-state index in [1.165, 1.54) is 7.11 Å². The van der Waals surface area contributed by atoms with E-state index < -0.39 is 0 Å². The monoisotopic (exact) mass is 339 g/mol. The van der Waals surface area contributed by atoms with Crippen molar-refractivity contribution in [2.45, 2.75) is 6.54 Å². The van der Waals surface area contributed by atoms with E-state index in [-0.39, 0.29) is 42.4 Å². The number of anilines is 1. The van der Waals surface area contributed by atoms with Crippen LogP contribution < -0.4 is 5.73 Å². The normalized spacial score (nSPS) is 14.9. The van der Waals surface area contributed by atoms with Gasteiger partial charge in [-0.3, -0.25) is 4.90 Å². The fraction of sp³-hybridized carbons (Fsp3) is 0.462. The quantitative estimate of drug-likeness (QED) is 0.838. The number of amides is 1. The Labute approximate surface area is 136 Å². The Morgan fingerprint density at radius 1 is 1.29 bits per heavy atom. The summed E-state index contributed by atoms with van der Waals surface area (Å²) in [5.41, 5.74) is 6.30. The summed E-state index contributed by atoms with van der Waals surface area (Å²) in [7, 11) is 1.37. The fourth-order valence-corrected chi connectivity index (χ4v) is 2.18. The van der Waals surface area contributed by atoms with E-state index in [1.54, 1.807) is 23.1 Å². The zero-order valence-electron chi connectivity index (χ0n) is 11.8. The third-order valence-electron chi connectivity index (χ3n) is 3.31. The largest absolute Gasteiger partial charge is 0.453 e. The molecule has 1 heterocycles. The third kappa shape index (κ3) is 4.91. The lowest BCUT2D eigenvalue weighted by Gasteiger charge is -2.33. The van der Waals surface area contributed by atoms with Crippen molar-refractivity contribution >= 4 is 36.6 Å². The Morgan fingerprint density at radius 2 is 1.90 bits per heavy atom. The number of carbonyl (C=O) groups excluding carboxylic acids is 1. The summed E-state index contributed by atoms with van der Waals surface area (Å²) in [6.45, 7) is 3.09. The van der Waals surface area contributed by atoms with Crippen LogP contribution in [-0.2, 0) is 11.3 Å². The zero-order chi connectivity index (χ0) is 13.8. The molecule has 1 aliphatic heterocycles. The SMILES string of the molecule is COC(=O)N1CCN(Cc2cccc(N)c2F)CC1.Cl.Cl. The van der Waals surface area contributed by atoms with E-state index in [0.717, 1.165) is 0 Å². The van der Waals surface area contributed by atoms with Crippen molar-refractivity contribution in [1.82, 2.24) is 9.80 Å². The van der Waals surface area contributed by atoms with Crippen LogP contribution in [0, 0.1) is 5.82 Å². The molecule has 120 valence electrons. The first-order valence-electron chi connectivity index (χ1n) is 6.20. The van der Waals surface area contributed by atoms with E-state index in [4.69, 9.17) is 5.73 Å². The highest BCUT2D eigenvalue weighted by atomic mass is 35.5. The molecule has 0 bridgehead atoms. The first kappa shape index (κ1) is 19.8. The van der Waals surface area contributed by atoms with Crippen LogP contribution in [-0.4, -0.2) is 49.2 Å². The molecular weight excluding hydrogens is 320 g/mol. The number of carbonyl (C=O) groups is 1. The van der Waals surface area contributed by atoms with Gasteiger partial charge in [0.25, 0.3) is 0 Å². The van der Waals surface area contributed by atoms with Gasteiger partial charge in [0.1, 0.15) is 0 Å². The van der Waals surface area contributed by atoms with Crippen LogP contribution in [0.4, 0.5) is 14.9 Å². The molecule has 1 saturated heterocycles. The summed E-state index contributed by atoms with van der Waals surface area (Å²) in [6, 6.07) is 5.03. The number of rotatable bonds is 2. The molecule has 5 nitrogen and oxygen atoms in total. The van der Waals surface area contributed by atoms with Gasteiger partial charge in [-0.05, 0) is 6.07 Å². The van der Waals surface area contributed by atoms with Gasteiger partial charge in [0.05, 0.1) is 12.8 Å². The predicted molar refractivity (Wildman–Crippen MR) is 84.6 cm³/mol. The number of nitrogen functional groups attached to an aromatic ring is 1. The summed E-state index contributed by atoms with van der Waals surface area (Å²) in [6.07, 6.45) is -0.310. The molecule has 0 aromatic heterocycles. The summed E-state index contributed by atoms with van der Waals surface area (Å²) in [5, 5.41) is 0. The maximum Gasteiger partial charge on any atom is 0.409 e. The van der Waals surface area contributed by atoms with Crippen molar-refractivity contribution < 1.29 is 13.9 Å². The number of methoxy groups -OCH3 is 1. The van der Waals surface area contributed by atoms with Gasteiger partial charge in [-0.2, -0.15) is 0 Å². The molecule has 1 aromatic carbocycles. The van der Waals surface area contributed by atoms with Crippen LogP contribution in [0.15, 0.2) is 18.2 Å². The first-order valence-corrected chi connectivity index (χ1v) is 6.20. The van der Waals surface area contributed by atoms with Crippen LogP contribution in [0.3, 0.4) is 0 Å². The van der Waals surface area contributed by atoms with Gasteiger partial charge < -0.3 is 15.4 Å². The molecule has 8 heteroatoms. The average molecular weight is 340 g/mol. The lowest BCUT2D eigenvalue weighted by molar-refractivity contribution is 0.0885. The fourth-order valence-electron chi connectivity index (χ4n) is 2.18. The Balaban J connectivity index is 0.00000200. The van der Waals surface area contributed by atoms with Gasteiger partial charge in [0.2, 0.25) is 0 Å². The van der Waals surface area contributed by atoms with Gasteiger partial charge in [-0.1, -0.05) is 12.1 Å². The van der Waals surface area contributed by atoms with E-state index >= 15 is 0 Å². The summed E-state index contributed by atoms with van der Waals surface area (Å²) in [5.74, 6) is -0.349. The molecule has 2 rings (SSSR count). The van der Waals surface area contributed by atoms with Crippen LogP contribution in [0.1, 0.15) is 5.56 Å². The number of halogens is 3. The summed E-state index contributed by atoms with van der Waals surface area (Å²) in [4.78, 5) is 15.1. The first-order chi connectivity index (χ1) is 9.11. The molecule has 1 aromatic rings. The number of piperazine rings is 1. The molecule has 0 aliphatic carbocycles. The number of ether oxygens (including phenoxy) is 1. The van der Waals surface area contributed by atoms with Gasteiger partial charge in [-0.25, -0.2) is 9.18 Å². The van der Waals surface area contributed by atoms with Crippen LogP contribution in [0.25, 0.3) is 0 Å². The van der Waals surface area contributed by atoms with Crippen LogP contribution >= 0.6 is 24.8 Å². The maximum atomic E-state index is 13.8. The minimum atomic E-state index is -0.349. The molecule has 2 N–H and O–H groups in total. The average Bonchev–Trinajstić information content (AvgIpc) is 2.44. The number of benzene rings is 1. The number of nitrogens with two attached hydrogens (primary N) is 1.